The molecule has 1 aliphatic heterocycles. The molecule has 1 saturated heterocycles. The first-order valence-electron chi connectivity index (χ1n) is 6.54. The maximum absolute atomic E-state index is 12.2. The SMILES string of the molecule is C=CCC1(c2ccc3ccccc3c2)CCOC1=O. The van der Waals surface area contributed by atoms with Gasteiger partial charge in [-0.15, -0.1) is 6.58 Å². The third-order valence-corrected chi connectivity index (χ3v) is 3.95. The second kappa shape index (κ2) is 4.54. The lowest BCUT2D eigenvalue weighted by Gasteiger charge is -2.24. The summed E-state index contributed by atoms with van der Waals surface area (Å²) in [6.45, 7) is 4.28. The molecule has 2 heteroatoms. The van der Waals surface area contributed by atoms with E-state index in [1.807, 2.05) is 24.3 Å². The van der Waals surface area contributed by atoms with Crippen LogP contribution >= 0.6 is 0 Å². The van der Waals surface area contributed by atoms with Crippen LogP contribution in [0.2, 0.25) is 0 Å². The number of allylic oxidation sites excluding steroid dienone is 1. The van der Waals surface area contributed by atoms with Crippen LogP contribution in [-0.2, 0) is 14.9 Å². The van der Waals surface area contributed by atoms with Crippen LogP contribution < -0.4 is 0 Å². The third kappa shape index (κ3) is 1.84. The molecule has 0 N–H and O–H groups in total. The lowest BCUT2D eigenvalue weighted by molar-refractivity contribution is -0.142. The van der Waals surface area contributed by atoms with Gasteiger partial charge in [-0.25, -0.2) is 0 Å². The van der Waals surface area contributed by atoms with Crippen molar-refractivity contribution in [2.75, 3.05) is 6.61 Å². The summed E-state index contributed by atoms with van der Waals surface area (Å²) in [6.07, 6.45) is 3.17. The highest BCUT2D eigenvalue weighted by atomic mass is 16.5. The number of hydrogen-bond donors (Lipinski definition) is 0. The molecule has 1 unspecified atom stereocenters. The highest BCUT2D eigenvalue weighted by Gasteiger charge is 2.44. The molecule has 1 aliphatic rings. The lowest BCUT2D eigenvalue weighted by atomic mass is 9.76. The van der Waals surface area contributed by atoms with Gasteiger partial charge in [0, 0.05) is 6.42 Å². The fraction of sp³-hybridized carbons (Fsp3) is 0.235. The molecular formula is C17H16O2. The van der Waals surface area contributed by atoms with Gasteiger partial charge in [0.1, 0.15) is 0 Å². The number of cyclic esters (lactones) is 1. The normalized spacial score (nSPS) is 22.4. The van der Waals surface area contributed by atoms with Crippen LogP contribution in [0, 0.1) is 0 Å². The van der Waals surface area contributed by atoms with Gasteiger partial charge < -0.3 is 4.74 Å². The summed E-state index contributed by atoms with van der Waals surface area (Å²) in [5, 5.41) is 2.34. The highest BCUT2D eigenvalue weighted by Crippen LogP contribution is 2.39. The molecule has 1 atom stereocenters. The van der Waals surface area contributed by atoms with Crippen molar-refractivity contribution in [3.8, 4) is 0 Å². The molecule has 1 heterocycles. The Balaban J connectivity index is 2.15. The minimum absolute atomic E-state index is 0.123. The Morgan fingerprint density at radius 1 is 1.21 bits per heavy atom. The van der Waals surface area contributed by atoms with E-state index in [2.05, 4.69) is 30.8 Å². The Morgan fingerprint density at radius 2 is 2.00 bits per heavy atom. The van der Waals surface area contributed by atoms with Crippen LogP contribution in [0.25, 0.3) is 10.8 Å². The molecule has 0 amide bonds. The molecule has 2 aromatic carbocycles. The molecule has 0 aromatic heterocycles. The Morgan fingerprint density at radius 3 is 2.68 bits per heavy atom. The number of carbonyl (C=O) groups is 1. The second-order valence-corrected chi connectivity index (χ2v) is 5.02. The summed E-state index contributed by atoms with van der Waals surface area (Å²) in [7, 11) is 0. The van der Waals surface area contributed by atoms with Gasteiger partial charge >= 0.3 is 5.97 Å². The molecule has 2 aromatic rings. The van der Waals surface area contributed by atoms with E-state index in [9.17, 15) is 4.79 Å². The largest absolute Gasteiger partial charge is 0.465 e. The van der Waals surface area contributed by atoms with Gasteiger partial charge in [0.2, 0.25) is 0 Å². The van der Waals surface area contributed by atoms with Gasteiger partial charge in [0.15, 0.2) is 0 Å². The van der Waals surface area contributed by atoms with E-state index >= 15 is 0 Å². The number of hydrogen-bond acceptors (Lipinski definition) is 2. The van der Waals surface area contributed by atoms with E-state index in [0.29, 0.717) is 13.0 Å². The van der Waals surface area contributed by atoms with Crippen LogP contribution in [0.15, 0.2) is 55.1 Å². The monoisotopic (exact) mass is 252 g/mol. The summed E-state index contributed by atoms with van der Waals surface area (Å²) in [5.41, 5.74) is 0.500. The van der Waals surface area contributed by atoms with Crippen molar-refractivity contribution in [3.63, 3.8) is 0 Å². The first-order valence-corrected chi connectivity index (χ1v) is 6.54. The molecule has 19 heavy (non-hydrogen) atoms. The van der Waals surface area contributed by atoms with Crippen LogP contribution in [-0.4, -0.2) is 12.6 Å². The second-order valence-electron chi connectivity index (χ2n) is 5.02. The van der Waals surface area contributed by atoms with E-state index in [1.165, 1.54) is 5.39 Å². The number of benzene rings is 2. The molecule has 1 fully saturated rings. The molecular weight excluding hydrogens is 236 g/mol. The van der Waals surface area contributed by atoms with Gasteiger partial charge in [-0.2, -0.15) is 0 Å². The van der Waals surface area contributed by atoms with E-state index in [4.69, 9.17) is 4.74 Å². The van der Waals surface area contributed by atoms with Crippen molar-refractivity contribution in [3.05, 3.63) is 60.7 Å². The third-order valence-electron chi connectivity index (χ3n) is 3.95. The number of esters is 1. The molecule has 0 aliphatic carbocycles. The van der Waals surface area contributed by atoms with E-state index in [1.54, 1.807) is 0 Å². The van der Waals surface area contributed by atoms with Crippen molar-refractivity contribution in [2.45, 2.75) is 18.3 Å². The summed E-state index contributed by atoms with van der Waals surface area (Å²) < 4.78 is 5.20. The predicted molar refractivity (Wildman–Crippen MR) is 76.0 cm³/mol. The van der Waals surface area contributed by atoms with E-state index in [-0.39, 0.29) is 5.97 Å². The van der Waals surface area contributed by atoms with Crippen LogP contribution in [0.5, 0.6) is 0 Å². The van der Waals surface area contributed by atoms with Gasteiger partial charge in [-0.05, 0) is 28.8 Å². The molecule has 0 spiro atoms. The summed E-state index contributed by atoms with van der Waals surface area (Å²) in [4.78, 5) is 12.2. The standard InChI is InChI=1S/C17H16O2/c1-2-9-17(10-11-19-16(17)18)15-8-7-13-5-3-4-6-14(13)12-15/h2-8,12H,1,9-11H2. The van der Waals surface area contributed by atoms with Crippen molar-refractivity contribution in [1.82, 2.24) is 0 Å². The minimum Gasteiger partial charge on any atom is -0.465 e. The van der Waals surface area contributed by atoms with Gasteiger partial charge in [0.05, 0.1) is 12.0 Å². The van der Waals surface area contributed by atoms with Crippen LogP contribution in [0.1, 0.15) is 18.4 Å². The molecule has 3 rings (SSSR count). The molecule has 0 bridgehead atoms. The zero-order valence-electron chi connectivity index (χ0n) is 10.8. The first kappa shape index (κ1) is 12.0. The Labute approximate surface area is 112 Å². The Kier molecular flexibility index (Phi) is 2.86. The predicted octanol–water partition coefficient (Wildman–Crippen LogP) is 3.60. The highest BCUT2D eigenvalue weighted by molar-refractivity contribution is 5.89. The zero-order chi connectivity index (χ0) is 13.3. The minimum atomic E-state index is -0.536. The molecule has 0 saturated carbocycles. The fourth-order valence-electron chi connectivity index (χ4n) is 2.86. The number of carbonyl (C=O) groups excluding carboxylic acids is 1. The first-order chi connectivity index (χ1) is 9.26. The lowest BCUT2D eigenvalue weighted by Crippen LogP contribution is -2.30. The van der Waals surface area contributed by atoms with Gasteiger partial charge in [0.25, 0.3) is 0 Å². The summed E-state index contributed by atoms with van der Waals surface area (Å²) >= 11 is 0. The van der Waals surface area contributed by atoms with E-state index in [0.717, 1.165) is 17.4 Å². The average molecular weight is 252 g/mol. The molecule has 96 valence electrons. The van der Waals surface area contributed by atoms with Crippen molar-refractivity contribution in [2.24, 2.45) is 0 Å². The van der Waals surface area contributed by atoms with Crippen molar-refractivity contribution in [1.29, 1.82) is 0 Å². The summed E-state index contributed by atoms with van der Waals surface area (Å²) in [6, 6.07) is 14.4. The average Bonchev–Trinajstić information content (AvgIpc) is 2.81. The van der Waals surface area contributed by atoms with Gasteiger partial charge in [-0.3, -0.25) is 4.79 Å². The quantitative estimate of drug-likeness (QED) is 0.616. The number of fused-ring (bicyclic) bond motifs is 1. The fourth-order valence-corrected chi connectivity index (χ4v) is 2.86. The molecule has 2 nitrogen and oxygen atoms in total. The van der Waals surface area contributed by atoms with Crippen LogP contribution in [0.3, 0.4) is 0 Å². The summed E-state index contributed by atoms with van der Waals surface area (Å²) in [5.74, 6) is -0.123. The number of rotatable bonds is 3. The number of ether oxygens (including phenoxy) is 1. The maximum Gasteiger partial charge on any atom is 0.317 e. The smallest absolute Gasteiger partial charge is 0.317 e. The molecule has 0 radical (unpaired) electrons. The van der Waals surface area contributed by atoms with Crippen LogP contribution in [0.4, 0.5) is 0 Å². The van der Waals surface area contributed by atoms with Crippen molar-refractivity contribution < 1.29 is 9.53 Å². The topological polar surface area (TPSA) is 26.3 Å². The maximum atomic E-state index is 12.2. The Bertz CT molecular complexity index is 645. The van der Waals surface area contributed by atoms with Gasteiger partial charge in [-0.1, -0.05) is 42.5 Å². The van der Waals surface area contributed by atoms with Crippen molar-refractivity contribution >= 4 is 16.7 Å². The Hall–Kier alpha value is -2.09. The zero-order valence-corrected chi connectivity index (χ0v) is 10.8. The van der Waals surface area contributed by atoms with E-state index < -0.39 is 5.41 Å².